The van der Waals surface area contributed by atoms with Crippen LogP contribution in [0.5, 0.6) is 0 Å². The van der Waals surface area contributed by atoms with Gasteiger partial charge in [-0.25, -0.2) is 0 Å². The van der Waals surface area contributed by atoms with E-state index in [0.29, 0.717) is 0 Å². The smallest absolute Gasteiger partial charge is 0.403 e. The largest absolute Gasteiger partial charge is 0.459 e. The van der Waals surface area contributed by atoms with Crippen LogP contribution in [-0.2, 0) is 18.6 Å². The quantitative estimate of drug-likeness (QED) is 0.549. The third-order valence-corrected chi connectivity index (χ3v) is 7.87. The minimum atomic E-state index is -0.486. The first-order chi connectivity index (χ1) is 14.8. The number of rotatable bonds is 5. The lowest BCUT2D eigenvalue weighted by atomic mass is 9.45. The lowest BCUT2D eigenvalue weighted by molar-refractivity contribution is 0.00578. The third-order valence-electron chi connectivity index (χ3n) is 7.87. The Hall–Kier alpha value is -1.59. The van der Waals surface area contributed by atoms with Gasteiger partial charge in [0.05, 0.1) is 22.4 Å². The summed E-state index contributed by atoms with van der Waals surface area (Å²) >= 11 is 0. The minimum absolute atomic E-state index is 0.0261. The van der Waals surface area contributed by atoms with E-state index in [4.69, 9.17) is 18.6 Å². The van der Waals surface area contributed by atoms with E-state index < -0.39 is 36.6 Å². The van der Waals surface area contributed by atoms with Crippen molar-refractivity contribution in [2.75, 3.05) is 0 Å². The molecule has 0 saturated carbocycles. The van der Waals surface area contributed by atoms with Gasteiger partial charge < -0.3 is 18.6 Å². The summed E-state index contributed by atoms with van der Waals surface area (Å²) in [7, 11) is -0.972. The Kier molecular flexibility index (Phi) is 5.90. The highest BCUT2D eigenvalue weighted by atomic mass is 16.7. The number of hydrogen-bond donors (Lipinski definition) is 0. The number of benzene rings is 2. The minimum Gasteiger partial charge on any atom is -0.403 e. The molecule has 0 amide bonds. The van der Waals surface area contributed by atoms with Crippen molar-refractivity contribution in [3.63, 3.8) is 0 Å². The Labute approximate surface area is 194 Å². The van der Waals surface area contributed by atoms with E-state index in [1.165, 1.54) is 11.1 Å². The van der Waals surface area contributed by atoms with E-state index >= 15 is 0 Å². The Balaban J connectivity index is 1.84. The van der Waals surface area contributed by atoms with Gasteiger partial charge in [-0.3, -0.25) is 0 Å². The van der Waals surface area contributed by atoms with Gasteiger partial charge in [0, 0.05) is 11.6 Å². The van der Waals surface area contributed by atoms with Crippen LogP contribution in [0.25, 0.3) is 0 Å². The summed E-state index contributed by atoms with van der Waals surface area (Å²) in [6.45, 7) is 16.7. The molecular formula is C26H36B2O4. The van der Waals surface area contributed by atoms with Crippen molar-refractivity contribution in [2.45, 2.75) is 89.4 Å². The molecule has 0 aliphatic carbocycles. The standard InChI is InChI=1S/C26H36B2O4/c1-23(2)24(3,4)30-27(29-23)22(28-31-25(5,6)26(7,8)32-28)21(19-15-11-9-12-16-19)20-17-13-10-14-18-20/h9-18,21-22H,1-8H3. The lowest BCUT2D eigenvalue weighted by Crippen LogP contribution is -2.42. The second kappa shape index (κ2) is 8.02. The highest BCUT2D eigenvalue weighted by Gasteiger charge is 2.63. The molecule has 6 heteroatoms. The van der Waals surface area contributed by atoms with Crippen LogP contribution in [0.1, 0.15) is 72.4 Å². The van der Waals surface area contributed by atoms with Crippen LogP contribution in [0.3, 0.4) is 0 Å². The fourth-order valence-electron chi connectivity index (χ4n) is 4.49. The monoisotopic (exact) mass is 434 g/mol. The highest BCUT2D eigenvalue weighted by Crippen LogP contribution is 2.51. The summed E-state index contributed by atoms with van der Waals surface area (Å²) in [5.74, 6) is -0.0261. The summed E-state index contributed by atoms with van der Waals surface area (Å²) in [4.78, 5) is 0. The molecule has 0 atom stereocenters. The first-order valence-corrected chi connectivity index (χ1v) is 11.7. The second-order valence-electron chi connectivity index (χ2n) is 11.1. The molecule has 2 aliphatic heterocycles. The summed E-state index contributed by atoms with van der Waals surface area (Å²) in [6, 6.07) is 21.1. The Morgan fingerprint density at radius 2 is 0.781 bits per heavy atom. The first-order valence-electron chi connectivity index (χ1n) is 11.7. The maximum atomic E-state index is 6.62. The summed E-state index contributed by atoms with van der Waals surface area (Å²) in [5.41, 5.74) is 0.382. The first kappa shape index (κ1) is 23.6. The molecule has 0 unspecified atom stereocenters. The van der Waals surface area contributed by atoms with Crippen molar-refractivity contribution < 1.29 is 18.6 Å². The van der Waals surface area contributed by atoms with Crippen molar-refractivity contribution in [1.29, 1.82) is 0 Å². The molecule has 0 radical (unpaired) electrons. The van der Waals surface area contributed by atoms with Gasteiger partial charge in [-0.05, 0) is 66.5 Å². The predicted octanol–water partition coefficient (Wildman–Crippen LogP) is 5.91. The number of hydrogen-bond acceptors (Lipinski definition) is 4. The Morgan fingerprint density at radius 1 is 0.500 bits per heavy atom. The van der Waals surface area contributed by atoms with Gasteiger partial charge in [0.25, 0.3) is 0 Å². The summed E-state index contributed by atoms with van der Waals surface area (Å²) < 4.78 is 26.5. The molecule has 4 nitrogen and oxygen atoms in total. The average Bonchev–Trinajstić information content (AvgIpc) is 3.06. The van der Waals surface area contributed by atoms with Gasteiger partial charge in [-0.2, -0.15) is 0 Å². The van der Waals surface area contributed by atoms with Crippen molar-refractivity contribution >= 4 is 14.2 Å². The van der Waals surface area contributed by atoms with Gasteiger partial charge in [0.2, 0.25) is 0 Å². The SMILES string of the molecule is CC1(C)OB(C(B2OC(C)(C)C(C)(C)O2)C(c2ccccc2)c2ccccc2)OC1(C)C. The highest BCUT2D eigenvalue weighted by molar-refractivity contribution is 6.69. The van der Waals surface area contributed by atoms with Crippen molar-refractivity contribution in [1.82, 2.24) is 0 Å². The van der Waals surface area contributed by atoms with Crippen LogP contribution in [0.4, 0.5) is 0 Å². The van der Waals surface area contributed by atoms with Gasteiger partial charge >= 0.3 is 14.2 Å². The van der Waals surface area contributed by atoms with Gasteiger partial charge in [0.15, 0.2) is 0 Å². The topological polar surface area (TPSA) is 36.9 Å². The van der Waals surface area contributed by atoms with Crippen molar-refractivity contribution in [3.05, 3.63) is 71.8 Å². The summed E-state index contributed by atoms with van der Waals surface area (Å²) in [6.07, 6.45) is 0. The van der Waals surface area contributed by atoms with Gasteiger partial charge in [0.1, 0.15) is 0 Å². The molecule has 2 fully saturated rings. The maximum Gasteiger partial charge on any atom is 0.459 e. The van der Waals surface area contributed by atoms with E-state index in [1.54, 1.807) is 0 Å². The molecule has 0 spiro atoms. The Morgan fingerprint density at radius 3 is 1.06 bits per heavy atom. The third kappa shape index (κ3) is 4.07. The lowest BCUT2D eigenvalue weighted by Gasteiger charge is -2.32. The molecule has 0 N–H and O–H groups in total. The van der Waals surface area contributed by atoms with E-state index in [-0.39, 0.29) is 11.6 Å². The van der Waals surface area contributed by atoms with Crippen LogP contribution in [0, 0.1) is 0 Å². The molecule has 4 rings (SSSR count). The van der Waals surface area contributed by atoms with E-state index in [0.717, 1.165) is 0 Å². The predicted molar refractivity (Wildman–Crippen MR) is 131 cm³/mol. The van der Waals surface area contributed by atoms with Crippen LogP contribution in [-0.4, -0.2) is 36.6 Å². The summed E-state index contributed by atoms with van der Waals surface area (Å²) in [5, 5.41) is 0. The maximum absolute atomic E-state index is 6.62. The van der Waals surface area contributed by atoms with Gasteiger partial charge in [-0.1, -0.05) is 60.7 Å². The molecule has 0 aromatic heterocycles. The normalized spacial score (nSPS) is 23.3. The van der Waals surface area contributed by atoms with Crippen LogP contribution >= 0.6 is 0 Å². The van der Waals surface area contributed by atoms with Crippen molar-refractivity contribution in [3.8, 4) is 0 Å². The fraction of sp³-hybridized carbons (Fsp3) is 0.538. The molecule has 2 aromatic carbocycles. The zero-order chi connectivity index (χ0) is 23.4. The zero-order valence-corrected chi connectivity index (χ0v) is 20.7. The van der Waals surface area contributed by atoms with Gasteiger partial charge in [-0.15, -0.1) is 0 Å². The fourth-order valence-corrected chi connectivity index (χ4v) is 4.49. The molecule has 32 heavy (non-hydrogen) atoms. The molecule has 2 aromatic rings. The zero-order valence-electron chi connectivity index (χ0n) is 20.7. The Bertz CT molecular complexity index is 820. The molecule has 2 aliphatic rings. The van der Waals surface area contributed by atoms with Crippen LogP contribution in [0.2, 0.25) is 5.72 Å². The molecular weight excluding hydrogens is 398 g/mol. The van der Waals surface area contributed by atoms with E-state index in [2.05, 4.69) is 104 Å². The molecule has 2 saturated heterocycles. The molecule has 0 bridgehead atoms. The van der Waals surface area contributed by atoms with Crippen LogP contribution < -0.4 is 0 Å². The van der Waals surface area contributed by atoms with Crippen molar-refractivity contribution in [2.24, 2.45) is 0 Å². The van der Waals surface area contributed by atoms with Crippen LogP contribution in [0.15, 0.2) is 60.7 Å². The van der Waals surface area contributed by atoms with E-state index in [9.17, 15) is 0 Å². The molecule has 2 heterocycles. The second-order valence-corrected chi connectivity index (χ2v) is 11.1. The average molecular weight is 434 g/mol. The molecule has 170 valence electrons. The van der Waals surface area contributed by atoms with E-state index in [1.807, 2.05) is 12.1 Å².